The highest BCUT2D eigenvalue weighted by atomic mass is 35.5. The van der Waals surface area contributed by atoms with E-state index in [1.165, 1.54) is 4.90 Å². The first-order chi connectivity index (χ1) is 14.3. The molecule has 0 spiro atoms. The Balaban J connectivity index is 2.21. The molecule has 3 atom stereocenters. The number of halogens is 2. The van der Waals surface area contributed by atoms with Crippen molar-refractivity contribution in [3.05, 3.63) is 63.6 Å². The number of anilines is 1. The summed E-state index contributed by atoms with van der Waals surface area (Å²) >= 11 is 12.7. The van der Waals surface area contributed by atoms with E-state index in [9.17, 15) is 14.7 Å². The molecule has 0 fully saturated rings. The Morgan fingerprint density at radius 2 is 1.90 bits per heavy atom. The third kappa shape index (κ3) is 4.32. The molecule has 2 aromatic carbocycles. The summed E-state index contributed by atoms with van der Waals surface area (Å²) in [5, 5.41) is 11.5. The van der Waals surface area contributed by atoms with Gasteiger partial charge in [-0.2, -0.15) is 0 Å². The standard InChI is InChI=1S/C22H23Cl2NO5/c1-4-29-22(28)18(26)20-21(27)25(12(2)3)17-10-9-13(23)11-15(17)19(30-20)14-7-5-6-8-16(14)24/h5-12,18-20,26H,4H2,1-3H3. The predicted molar refractivity (Wildman–Crippen MR) is 115 cm³/mol. The number of benzene rings is 2. The van der Waals surface area contributed by atoms with E-state index in [0.717, 1.165) is 0 Å². The molecule has 0 saturated carbocycles. The third-order valence-corrected chi connectivity index (χ3v) is 5.39. The van der Waals surface area contributed by atoms with Gasteiger partial charge in [-0.15, -0.1) is 0 Å². The zero-order valence-corrected chi connectivity index (χ0v) is 18.4. The van der Waals surface area contributed by atoms with E-state index in [2.05, 4.69) is 0 Å². The van der Waals surface area contributed by atoms with Crippen LogP contribution in [0.1, 0.15) is 38.0 Å². The Labute approximate surface area is 185 Å². The number of ether oxygens (including phenoxy) is 2. The number of nitrogens with zero attached hydrogens (tertiary/aromatic N) is 1. The number of rotatable bonds is 5. The van der Waals surface area contributed by atoms with Gasteiger partial charge in [0.25, 0.3) is 5.91 Å². The fourth-order valence-corrected chi connectivity index (χ4v) is 3.93. The third-order valence-electron chi connectivity index (χ3n) is 4.81. The van der Waals surface area contributed by atoms with Gasteiger partial charge in [-0.1, -0.05) is 41.4 Å². The molecule has 0 bridgehead atoms. The first-order valence-corrected chi connectivity index (χ1v) is 10.4. The molecule has 8 heteroatoms. The number of esters is 1. The second kappa shape index (κ2) is 9.35. The van der Waals surface area contributed by atoms with Gasteiger partial charge in [-0.3, -0.25) is 4.79 Å². The molecule has 1 heterocycles. The summed E-state index contributed by atoms with van der Waals surface area (Å²) in [4.78, 5) is 27.2. The van der Waals surface area contributed by atoms with Gasteiger partial charge in [0.15, 0.2) is 12.2 Å². The minimum absolute atomic E-state index is 0.0640. The van der Waals surface area contributed by atoms with E-state index in [4.69, 9.17) is 32.7 Å². The second-order valence-electron chi connectivity index (χ2n) is 7.16. The van der Waals surface area contributed by atoms with Crippen molar-refractivity contribution >= 4 is 40.8 Å². The predicted octanol–water partition coefficient (Wildman–Crippen LogP) is 4.15. The zero-order chi connectivity index (χ0) is 22.0. The summed E-state index contributed by atoms with van der Waals surface area (Å²) < 4.78 is 11.0. The Morgan fingerprint density at radius 3 is 2.53 bits per heavy atom. The fraction of sp³-hybridized carbons (Fsp3) is 0.364. The first-order valence-electron chi connectivity index (χ1n) is 9.63. The molecule has 0 radical (unpaired) electrons. The lowest BCUT2D eigenvalue weighted by Crippen LogP contribution is -2.51. The van der Waals surface area contributed by atoms with Crippen molar-refractivity contribution in [2.24, 2.45) is 0 Å². The molecule has 6 nitrogen and oxygen atoms in total. The van der Waals surface area contributed by atoms with Crippen LogP contribution >= 0.6 is 23.2 Å². The van der Waals surface area contributed by atoms with Crippen molar-refractivity contribution < 1.29 is 24.2 Å². The molecule has 1 amide bonds. The Morgan fingerprint density at radius 1 is 1.20 bits per heavy atom. The number of hydrogen-bond acceptors (Lipinski definition) is 5. The van der Waals surface area contributed by atoms with Crippen molar-refractivity contribution in [2.45, 2.75) is 45.1 Å². The van der Waals surface area contributed by atoms with Gasteiger partial charge in [0, 0.05) is 27.2 Å². The number of aliphatic hydroxyl groups excluding tert-OH is 1. The van der Waals surface area contributed by atoms with Crippen LogP contribution in [-0.2, 0) is 19.1 Å². The number of amides is 1. The monoisotopic (exact) mass is 451 g/mol. The van der Waals surface area contributed by atoms with Gasteiger partial charge in [0.2, 0.25) is 0 Å². The van der Waals surface area contributed by atoms with Gasteiger partial charge in [0.05, 0.1) is 12.3 Å². The van der Waals surface area contributed by atoms with E-state index in [-0.39, 0.29) is 12.6 Å². The average molecular weight is 452 g/mol. The largest absolute Gasteiger partial charge is 0.464 e. The quantitative estimate of drug-likeness (QED) is 0.690. The molecule has 2 aromatic rings. The van der Waals surface area contributed by atoms with Crippen molar-refractivity contribution in [1.82, 2.24) is 0 Å². The molecule has 30 heavy (non-hydrogen) atoms. The highest BCUT2D eigenvalue weighted by Crippen LogP contribution is 2.42. The summed E-state index contributed by atoms with van der Waals surface area (Å²) in [6.45, 7) is 5.35. The molecule has 3 unspecified atom stereocenters. The molecule has 1 aliphatic rings. The van der Waals surface area contributed by atoms with Gasteiger partial charge < -0.3 is 19.5 Å². The lowest BCUT2D eigenvalue weighted by atomic mass is 9.99. The van der Waals surface area contributed by atoms with Gasteiger partial charge >= 0.3 is 5.97 Å². The number of fused-ring (bicyclic) bond motifs is 1. The average Bonchev–Trinajstić information content (AvgIpc) is 2.82. The molecule has 0 aromatic heterocycles. The summed E-state index contributed by atoms with van der Waals surface area (Å²) in [6, 6.07) is 11.9. The molecule has 0 aliphatic carbocycles. The molecule has 1 N–H and O–H groups in total. The van der Waals surface area contributed by atoms with Crippen LogP contribution in [0.25, 0.3) is 0 Å². The number of aliphatic hydroxyl groups is 1. The molecular weight excluding hydrogens is 429 g/mol. The normalized spacial score (nSPS) is 20.0. The van der Waals surface area contributed by atoms with Crippen LogP contribution in [0.2, 0.25) is 10.0 Å². The summed E-state index contributed by atoms with van der Waals surface area (Å²) in [7, 11) is 0. The van der Waals surface area contributed by atoms with Crippen LogP contribution in [0.4, 0.5) is 5.69 Å². The van der Waals surface area contributed by atoms with E-state index >= 15 is 0 Å². The van der Waals surface area contributed by atoms with Crippen molar-refractivity contribution in [2.75, 3.05) is 11.5 Å². The van der Waals surface area contributed by atoms with E-state index < -0.39 is 30.2 Å². The molecule has 0 saturated heterocycles. The van der Waals surface area contributed by atoms with Gasteiger partial charge in [-0.05, 0) is 45.0 Å². The van der Waals surface area contributed by atoms with E-state index in [0.29, 0.717) is 26.9 Å². The number of carbonyl (C=O) groups excluding carboxylic acids is 2. The lowest BCUT2D eigenvalue weighted by molar-refractivity contribution is -0.168. The number of carbonyl (C=O) groups is 2. The van der Waals surface area contributed by atoms with Crippen molar-refractivity contribution in [3.8, 4) is 0 Å². The van der Waals surface area contributed by atoms with Crippen LogP contribution in [-0.4, -0.2) is 41.8 Å². The van der Waals surface area contributed by atoms with Gasteiger partial charge in [-0.25, -0.2) is 4.79 Å². The number of hydrogen-bond donors (Lipinski definition) is 1. The molecule has 160 valence electrons. The summed E-state index contributed by atoms with van der Waals surface area (Å²) in [6.07, 6.45) is -4.12. The van der Waals surface area contributed by atoms with Crippen molar-refractivity contribution in [3.63, 3.8) is 0 Å². The maximum atomic E-state index is 13.4. The maximum Gasteiger partial charge on any atom is 0.338 e. The Hall–Kier alpha value is -2.12. The SMILES string of the molecule is CCOC(=O)C(O)C1OC(c2ccccc2Cl)c2cc(Cl)ccc2N(C(C)C)C1=O. The lowest BCUT2D eigenvalue weighted by Gasteiger charge is -2.29. The molecule has 3 rings (SSSR count). The maximum absolute atomic E-state index is 13.4. The Bertz CT molecular complexity index is 949. The van der Waals surface area contributed by atoms with Gasteiger partial charge in [0.1, 0.15) is 6.10 Å². The minimum atomic E-state index is -1.80. The highest BCUT2D eigenvalue weighted by Gasteiger charge is 2.44. The first kappa shape index (κ1) is 22.6. The van der Waals surface area contributed by atoms with Crippen LogP contribution in [0.3, 0.4) is 0 Å². The van der Waals surface area contributed by atoms with Crippen LogP contribution in [0.5, 0.6) is 0 Å². The van der Waals surface area contributed by atoms with E-state index in [1.807, 2.05) is 13.8 Å². The Kier molecular flexibility index (Phi) is 7.03. The van der Waals surface area contributed by atoms with Crippen LogP contribution in [0.15, 0.2) is 42.5 Å². The fourth-order valence-electron chi connectivity index (χ4n) is 3.51. The van der Waals surface area contributed by atoms with Crippen LogP contribution in [0, 0.1) is 0 Å². The summed E-state index contributed by atoms with van der Waals surface area (Å²) in [5.74, 6) is -1.48. The summed E-state index contributed by atoms with van der Waals surface area (Å²) in [5.41, 5.74) is 1.77. The molecule has 1 aliphatic heterocycles. The minimum Gasteiger partial charge on any atom is -0.464 e. The zero-order valence-electron chi connectivity index (χ0n) is 16.8. The highest BCUT2D eigenvalue weighted by molar-refractivity contribution is 6.31. The van der Waals surface area contributed by atoms with Crippen LogP contribution < -0.4 is 4.90 Å². The second-order valence-corrected chi connectivity index (χ2v) is 8.00. The topological polar surface area (TPSA) is 76.1 Å². The smallest absolute Gasteiger partial charge is 0.338 e. The van der Waals surface area contributed by atoms with Crippen molar-refractivity contribution in [1.29, 1.82) is 0 Å². The van der Waals surface area contributed by atoms with E-state index in [1.54, 1.807) is 49.4 Å². The molecular formula is C22H23Cl2NO5.